The molecule has 0 spiro atoms. The van der Waals surface area contributed by atoms with E-state index in [0.717, 1.165) is 53.1 Å². The largest absolute Gasteiger partial charge is 0.493 e. The third-order valence-electron chi connectivity index (χ3n) is 10.3. The minimum atomic E-state index is 0.548. The molecule has 0 N–H and O–H groups in total. The van der Waals surface area contributed by atoms with Crippen LogP contribution >= 0.6 is 15.9 Å². The molecule has 0 aliphatic carbocycles. The summed E-state index contributed by atoms with van der Waals surface area (Å²) in [6, 6.07) is 26.8. The molecule has 6 rings (SSSR count). The Morgan fingerprint density at radius 3 is 2.28 bits per heavy atom. The van der Waals surface area contributed by atoms with Gasteiger partial charge in [0.05, 0.1) is 23.2 Å². The molecule has 0 radical (unpaired) electrons. The molecule has 6 aromatic rings. The van der Waals surface area contributed by atoms with Gasteiger partial charge in [0, 0.05) is 21.8 Å². The van der Waals surface area contributed by atoms with Gasteiger partial charge in [-0.25, -0.2) is 4.98 Å². The number of hydrogen-bond acceptors (Lipinski definition) is 2. The van der Waals surface area contributed by atoms with Gasteiger partial charge in [0.25, 0.3) is 0 Å². The maximum absolute atomic E-state index is 6.88. The summed E-state index contributed by atoms with van der Waals surface area (Å²) in [6.07, 6.45) is 11.0. The van der Waals surface area contributed by atoms with Crippen LogP contribution in [0.4, 0.5) is 0 Å². The molecule has 1 aromatic heterocycles. The zero-order valence-electron chi connectivity index (χ0n) is 29.0. The maximum atomic E-state index is 6.88. The van der Waals surface area contributed by atoms with Crippen molar-refractivity contribution in [2.45, 2.75) is 92.0 Å². The molecule has 0 aliphatic heterocycles. The van der Waals surface area contributed by atoms with Gasteiger partial charge in [-0.15, -0.1) is 0 Å². The molecule has 244 valence electrons. The third kappa shape index (κ3) is 6.97. The molecule has 0 saturated carbocycles. The minimum Gasteiger partial charge on any atom is -0.493 e. The van der Waals surface area contributed by atoms with Crippen molar-refractivity contribution < 1.29 is 4.74 Å². The summed E-state index contributed by atoms with van der Waals surface area (Å²) in [5, 5.41) is 7.42. The van der Waals surface area contributed by atoms with Gasteiger partial charge in [0.15, 0.2) is 0 Å². The van der Waals surface area contributed by atoms with E-state index in [1.165, 1.54) is 88.2 Å². The van der Waals surface area contributed by atoms with Gasteiger partial charge in [-0.2, -0.15) is 0 Å². The molecule has 3 nitrogen and oxygen atoms in total. The van der Waals surface area contributed by atoms with Crippen molar-refractivity contribution >= 4 is 72.6 Å². The van der Waals surface area contributed by atoms with Crippen LogP contribution in [-0.2, 0) is 6.54 Å². The Hall–Kier alpha value is -3.31. The van der Waals surface area contributed by atoms with E-state index in [1.807, 2.05) is 0 Å². The normalized spacial score (nSPS) is 13.2. The Labute approximate surface area is 290 Å². The first-order chi connectivity index (χ1) is 23.0. The van der Waals surface area contributed by atoms with E-state index >= 15 is 0 Å². The van der Waals surface area contributed by atoms with Crippen LogP contribution in [0.5, 0.6) is 5.75 Å². The molecular formula is C42H50BBrN2O. The first-order valence-electron chi connectivity index (χ1n) is 18.1. The van der Waals surface area contributed by atoms with Crippen LogP contribution in [-0.4, -0.2) is 24.0 Å². The van der Waals surface area contributed by atoms with Crippen LogP contribution in [0.1, 0.15) is 85.5 Å². The summed E-state index contributed by atoms with van der Waals surface area (Å²) < 4.78 is 10.5. The van der Waals surface area contributed by atoms with Crippen LogP contribution in [0.25, 0.3) is 54.7 Å². The number of hydrogen-bond donors (Lipinski definition) is 0. The van der Waals surface area contributed by atoms with E-state index in [4.69, 9.17) is 9.72 Å². The van der Waals surface area contributed by atoms with Crippen molar-refractivity contribution in [3.8, 4) is 17.1 Å². The van der Waals surface area contributed by atoms with Crippen molar-refractivity contribution in [2.75, 3.05) is 6.61 Å². The monoisotopic (exact) mass is 688 g/mol. The molecule has 0 bridgehead atoms. The van der Waals surface area contributed by atoms with Gasteiger partial charge < -0.3 is 9.30 Å². The lowest BCUT2D eigenvalue weighted by Crippen LogP contribution is -2.14. The lowest BCUT2D eigenvalue weighted by atomic mass is 9.91. The zero-order valence-corrected chi connectivity index (χ0v) is 30.6. The van der Waals surface area contributed by atoms with Crippen LogP contribution in [0.15, 0.2) is 77.3 Å². The number of rotatable bonds is 15. The molecule has 47 heavy (non-hydrogen) atoms. The van der Waals surface area contributed by atoms with E-state index in [0.29, 0.717) is 11.8 Å². The highest BCUT2D eigenvalue weighted by Gasteiger charge is 2.25. The number of halogens is 1. The van der Waals surface area contributed by atoms with Crippen LogP contribution in [0.2, 0.25) is 0 Å². The second-order valence-electron chi connectivity index (χ2n) is 13.6. The van der Waals surface area contributed by atoms with Gasteiger partial charge >= 0.3 is 0 Å². The van der Waals surface area contributed by atoms with Crippen LogP contribution in [0, 0.1) is 11.8 Å². The average Bonchev–Trinajstić information content (AvgIpc) is 3.46. The average molecular weight is 690 g/mol. The minimum absolute atomic E-state index is 0.548. The predicted octanol–water partition coefficient (Wildman–Crippen LogP) is 11.4. The fourth-order valence-corrected chi connectivity index (χ4v) is 7.75. The SMILES string of the molecule is Bc1ccc2c3ccc(Br)cc3c3nc(-c4c(OCC(CC)CCCCC)ccc5ccccc45)n(CC(CC)CCCC)c3c2c1. The number of unbranched alkanes of at least 4 members (excludes halogenated alkanes) is 3. The highest BCUT2D eigenvalue weighted by atomic mass is 79.9. The van der Waals surface area contributed by atoms with E-state index in [9.17, 15) is 0 Å². The van der Waals surface area contributed by atoms with Crippen molar-refractivity contribution in [3.05, 3.63) is 77.3 Å². The second kappa shape index (κ2) is 15.3. The molecule has 0 amide bonds. The lowest BCUT2D eigenvalue weighted by Gasteiger charge is -2.22. The predicted molar refractivity (Wildman–Crippen MR) is 210 cm³/mol. The number of fused-ring (bicyclic) bond motifs is 7. The van der Waals surface area contributed by atoms with Crippen LogP contribution < -0.4 is 10.2 Å². The fraction of sp³-hybridized carbons (Fsp3) is 0.405. The van der Waals surface area contributed by atoms with Crippen LogP contribution in [0.3, 0.4) is 0 Å². The third-order valence-corrected chi connectivity index (χ3v) is 10.8. The summed E-state index contributed by atoms with van der Waals surface area (Å²) in [7, 11) is 2.20. The van der Waals surface area contributed by atoms with Crippen molar-refractivity contribution in [3.63, 3.8) is 0 Å². The molecule has 0 saturated heterocycles. The van der Waals surface area contributed by atoms with Gasteiger partial charge in [-0.3, -0.25) is 0 Å². The molecular weight excluding hydrogens is 639 g/mol. The lowest BCUT2D eigenvalue weighted by molar-refractivity contribution is 0.233. The summed E-state index contributed by atoms with van der Waals surface area (Å²) in [5.41, 5.74) is 4.70. The number of benzene rings is 5. The molecule has 2 unspecified atom stereocenters. The number of aromatic nitrogens is 2. The fourth-order valence-electron chi connectivity index (χ4n) is 7.39. The topological polar surface area (TPSA) is 27.1 Å². The second-order valence-corrected chi connectivity index (χ2v) is 14.6. The zero-order chi connectivity index (χ0) is 32.9. The van der Waals surface area contributed by atoms with Gasteiger partial charge in [-0.1, -0.05) is 149 Å². The first kappa shape index (κ1) is 33.6. The van der Waals surface area contributed by atoms with Gasteiger partial charge in [0.2, 0.25) is 0 Å². The van der Waals surface area contributed by atoms with Crippen molar-refractivity contribution in [2.24, 2.45) is 11.8 Å². The Morgan fingerprint density at radius 1 is 0.745 bits per heavy atom. The Morgan fingerprint density at radius 2 is 1.49 bits per heavy atom. The number of imidazole rings is 1. The summed E-state index contributed by atoms with van der Waals surface area (Å²) in [5.74, 6) is 3.08. The quantitative estimate of drug-likeness (QED) is 0.0610. The number of nitrogens with zero attached hydrogens (tertiary/aromatic N) is 2. The van der Waals surface area contributed by atoms with E-state index in [2.05, 4.69) is 129 Å². The maximum Gasteiger partial charge on any atom is 0.145 e. The van der Waals surface area contributed by atoms with E-state index < -0.39 is 0 Å². The molecule has 2 atom stereocenters. The smallest absolute Gasteiger partial charge is 0.145 e. The van der Waals surface area contributed by atoms with E-state index in [-0.39, 0.29) is 0 Å². The molecule has 0 fully saturated rings. The van der Waals surface area contributed by atoms with Crippen molar-refractivity contribution in [1.29, 1.82) is 0 Å². The number of ether oxygens (including phenoxy) is 1. The summed E-state index contributed by atoms with van der Waals surface area (Å²) in [6.45, 7) is 10.9. The Balaban J connectivity index is 1.64. The Bertz CT molecular complexity index is 2000. The molecule has 1 heterocycles. The van der Waals surface area contributed by atoms with Gasteiger partial charge in [0.1, 0.15) is 19.4 Å². The van der Waals surface area contributed by atoms with Crippen molar-refractivity contribution in [1.82, 2.24) is 9.55 Å². The molecule has 0 aliphatic rings. The highest BCUT2D eigenvalue weighted by molar-refractivity contribution is 9.10. The first-order valence-corrected chi connectivity index (χ1v) is 18.9. The molecule has 5 heteroatoms. The highest BCUT2D eigenvalue weighted by Crippen LogP contribution is 2.43. The summed E-state index contributed by atoms with van der Waals surface area (Å²) >= 11 is 3.80. The Kier molecular flexibility index (Phi) is 10.9. The van der Waals surface area contributed by atoms with E-state index in [1.54, 1.807) is 0 Å². The molecule has 5 aromatic carbocycles. The standard InChI is InChI=1S/C42H50BBrN2O/c1-5-9-11-15-29(8-4)27-47-38-23-18-30-16-12-13-17-33(30)39(38)42-45-40-36-25-32(44)20-22-34(36)35-21-19-31(43)24-37(35)41(40)46(42)26-28(7-3)14-10-6-2/h12-13,16-25,28-29H,5-11,14-15,26-27,43H2,1-4H3. The van der Waals surface area contributed by atoms with Gasteiger partial charge in [-0.05, 0) is 64.4 Å². The summed E-state index contributed by atoms with van der Waals surface area (Å²) in [4.78, 5) is 5.68.